The van der Waals surface area contributed by atoms with E-state index in [1.165, 1.54) is 5.56 Å². The van der Waals surface area contributed by atoms with Gasteiger partial charge in [-0.3, -0.25) is 0 Å². The van der Waals surface area contributed by atoms with Crippen LogP contribution in [0.2, 0.25) is 0 Å². The van der Waals surface area contributed by atoms with Gasteiger partial charge in [-0.25, -0.2) is 0 Å². The molecule has 0 spiro atoms. The normalized spacial score (nSPS) is 27.5. The molecule has 2 atom stereocenters. The number of oxime groups is 1. The van der Waals surface area contributed by atoms with Gasteiger partial charge in [0.2, 0.25) is 5.79 Å². The molecule has 27 heavy (non-hydrogen) atoms. The summed E-state index contributed by atoms with van der Waals surface area (Å²) in [5.41, 5.74) is 2.55. The molecule has 0 amide bonds. The van der Waals surface area contributed by atoms with Crippen LogP contribution in [0.3, 0.4) is 0 Å². The predicted octanol–water partition coefficient (Wildman–Crippen LogP) is 3.58. The third kappa shape index (κ3) is 3.78. The second kappa shape index (κ2) is 7.68. The number of rotatable bonds is 6. The van der Waals surface area contributed by atoms with Crippen LogP contribution >= 0.6 is 0 Å². The highest BCUT2D eigenvalue weighted by atomic mass is 16.8. The number of hydrogen-bond acceptors (Lipinski definition) is 6. The van der Waals surface area contributed by atoms with Gasteiger partial charge in [0.15, 0.2) is 11.5 Å². The average molecular weight is 376 g/mol. The summed E-state index contributed by atoms with van der Waals surface area (Å²) < 4.78 is 16.3. The van der Waals surface area contributed by atoms with Crippen LogP contribution in [0.1, 0.15) is 45.1 Å². The zero-order chi connectivity index (χ0) is 19.7. The van der Waals surface area contributed by atoms with Crippen LogP contribution in [0, 0.1) is 0 Å². The van der Waals surface area contributed by atoms with Gasteiger partial charge in [0, 0.05) is 38.8 Å². The van der Waals surface area contributed by atoms with Crippen molar-refractivity contribution in [3.63, 3.8) is 0 Å². The predicted molar refractivity (Wildman–Crippen MR) is 106 cm³/mol. The lowest BCUT2D eigenvalue weighted by atomic mass is 9.65. The quantitative estimate of drug-likeness (QED) is 0.561. The molecule has 0 bridgehead atoms. The molecule has 1 aromatic rings. The molecular weight excluding hydrogens is 344 g/mol. The van der Waals surface area contributed by atoms with E-state index in [0.29, 0.717) is 6.04 Å². The molecule has 6 nitrogen and oxygen atoms in total. The second-order valence-corrected chi connectivity index (χ2v) is 8.03. The van der Waals surface area contributed by atoms with E-state index in [1.807, 2.05) is 19.9 Å². The van der Waals surface area contributed by atoms with Crippen LogP contribution in [0.25, 0.3) is 0 Å². The molecule has 0 radical (unpaired) electrons. The zero-order valence-electron chi connectivity index (χ0n) is 17.4. The van der Waals surface area contributed by atoms with Crippen LogP contribution in [0.4, 0.5) is 0 Å². The SMILES string of the molecule is COc1ccc([C@@]23CC/C(=N/OC(C)(C)OC)C[C@@H]2N(C)CC3)cc1OC. The summed E-state index contributed by atoms with van der Waals surface area (Å²) in [5, 5.41) is 4.43. The molecular formula is C21H32N2O4. The Morgan fingerprint density at radius 3 is 2.52 bits per heavy atom. The van der Waals surface area contributed by atoms with Gasteiger partial charge >= 0.3 is 0 Å². The van der Waals surface area contributed by atoms with Crippen LogP contribution in [0.5, 0.6) is 11.5 Å². The fourth-order valence-corrected chi connectivity index (χ4v) is 4.38. The molecule has 1 aliphatic carbocycles. The highest BCUT2D eigenvalue weighted by Gasteiger charge is 2.50. The molecule has 1 saturated heterocycles. The van der Waals surface area contributed by atoms with E-state index in [4.69, 9.17) is 19.0 Å². The summed E-state index contributed by atoms with van der Waals surface area (Å²) in [4.78, 5) is 8.07. The van der Waals surface area contributed by atoms with Gasteiger partial charge in [0.25, 0.3) is 0 Å². The van der Waals surface area contributed by atoms with Crippen molar-refractivity contribution in [2.75, 3.05) is 34.9 Å². The first kappa shape index (κ1) is 20.0. The molecule has 3 rings (SSSR count). The molecule has 1 saturated carbocycles. The molecule has 0 unspecified atom stereocenters. The Hall–Kier alpha value is -1.79. The van der Waals surface area contributed by atoms with Crippen molar-refractivity contribution in [1.82, 2.24) is 4.90 Å². The molecule has 6 heteroatoms. The molecule has 2 aliphatic rings. The van der Waals surface area contributed by atoms with E-state index in [2.05, 4.69) is 29.2 Å². The van der Waals surface area contributed by atoms with E-state index in [-0.39, 0.29) is 5.41 Å². The van der Waals surface area contributed by atoms with E-state index in [9.17, 15) is 0 Å². The Morgan fingerprint density at radius 2 is 1.85 bits per heavy atom. The summed E-state index contributed by atoms with van der Waals surface area (Å²) in [6.45, 7) is 4.82. The summed E-state index contributed by atoms with van der Waals surface area (Å²) >= 11 is 0. The zero-order valence-corrected chi connectivity index (χ0v) is 17.4. The smallest absolute Gasteiger partial charge is 0.230 e. The van der Waals surface area contributed by atoms with Crippen molar-refractivity contribution >= 4 is 5.71 Å². The first-order valence-corrected chi connectivity index (χ1v) is 9.57. The number of benzene rings is 1. The average Bonchev–Trinajstić information content (AvgIpc) is 3.03. The van der Waals surface area contributed by atoms with Crippen LogP contribution in [0.15, 0.2) is 23.4 Å². The summed E-state index contributed by atoms with van der Waals surface area (Å²) in [6, 6.07) is 6.77. The number of nitrogens with zero attached hydrogens (tertiary/aromatic N) is 2. The lowest BCUT2D eigenvalue weighted by Gasteiger charge is -2.42. The topological polar surface area (TPSA) is 52.5 Å². The van der Waals surface area contributed by atoms with E-state index in [0.717, 1.165) is 49.4 Å². The standard InChI is InChI=1S/C21H32N2O4/c1-20(2,26-6)27-22-16-9-10-21(11-12-23(3)19(21)14-16)15-7-8-17(24-4)18(13-15)25-5/h7-8,13,19H,9-12,14H2,1-6H3/b22-16-/t19-,21-/m0/s1. The fourth-order valence-electron chi connectivity index (χ4n) is 4.38. The number of fused-ring (bicyclic) bond motifs is 1. The highest BCUT2D eigenvalue weighted by molar-refractivity contribution is 5.86. The van der Waals surface area contributed by atoms with Crippen LogP contribution < -0.4 is 9.47 Å². The third-order valence-corrected chi connectivity index (χ3v) is 6.21. The summed E-state index contributed by atoms with van der Waals surface area (Å²) in [7, 11) is 7.20. The van der Waals surface area contributed by atoms with Crippen molar-refractivity contribution in [3.05, 3.63) is 23.8 Å². The molecule has 1 aromatic carbocycles. The molecule has 1 aliphatic heterocycles. The lowest BCUT2D eigenvalue weighted by Crippen LogP contribution is -2.46. The molecule has 0 N–H and O–H groups in total. The van der Waals surface area contributed by atoms with Crippen LogP contribution in [-0.4, -0.2) is 57.4 Å². The maximum Gasteiger partial charge on any atom is 0.230 e. The van der Waals surface area contributed by atoms with Crippen molar-refractivity contribution in [1.29, 1.82) is 0 Å². The van der Waals surface area contributed by atoms with Gasteiger partial charge in [-0.05, 0) is 50.6 Å². The van der Waals surface area contributed by atoms with Gasteiger partial charge < -0.3 is 23.9 Å². The highest BCUT2D eigenvalue weighted by Crippen LogP contribution is 2.49. The van der Waals surface area contributed by atoms with Gasteiger partial charge in [0.1, 0.15) is 0 Å². The van der Waals surface area contributed by atoms with Crippen molar-refractivity contribution in [2.24, 2.45) is 5.16 Å². The van der Waals surface area contributed by atoms with Crippen molar-refractivity contribution in [2.45, 2.75) is 56.8 Å². The Balaban J connectivity index is 1.87. The summed E-state index contributed by atoms with van der Waals surface area (Å²) in [6.07, 6.45) is 4.03. The van der Waals surface area contributed by atoms with E-state index < -0.39 is 5.79 Å². The maximum absolute atomic E-state index is 5.62. The third-order valence-electron chi connectivity index (χ3n) is 6.21. The first-order chi connectivity index (χ1) is 12.8. The monoisotopic (exact) mass is 376 g/mol. The Morgan fingerprint density at radius 1 is 1.11 bits per heavy atom. The van der Waals surface area contributed by atoms with Gasteiger partial charge in [-0.15, -0.1) is 0 Å². The molecule has 150 valence electrons. The first-order valence-electron chi connectivity index (χ1n) is 9.57. The second-order valence-electron chi connectivity index (χ2n) is 8.03. The van der Waals surface area contributed by atoms with Gasteiger partial charge in [-0.1, -0.05) is 11.2 Å². The molecule has 1 heterocycles. The van der Waals surface area contributed by atoms with E-state index in [1.54, 1.807) is 21.3 Å². The van der Waals surface area contributed by atoms with E-state index >= 15 is 0 Å². The molecule has 0 aromatic heterocycles. The van der Waals surface area contributed by atoms with Gasteiger partial charge in [-0.2, -0.15) is 0 Å². The Labute approximate surface area is 162 Å². The Kier molecular flexibility index (Phi) is 5.68. The number of hydrogen-bond donors (Lipinski definition) is 0. The van der Waals surface area contributed by atoms with Crippen LogP contribution in [-0.2, 0) is 15.0 Å². The van der Waals surface area contributed by atoms with Crippen molar-refractivity contribution in [3.8, 4) is 11.5 Å². The number of likely N-dealkylation sites (N-methyl/N-ethyl adjacent to an activating group) is 1. The summed E-state index contributed by atoms with van der Waals surface area (Å²) in [5.74, 6) is 0.864. The Bertz CT molecular complexity index is 703. The number of ether oxygens (including phenoxy) is 3. The maximum atomic E-state index is 5.62. The molecule has 2 fully saturated rings. The van der Waals surface area contributed by atoms with Crippen molar-refractivity contribution < 1.29 is 19.0 Å². The number of methoxy groups -OCH3 is 3. The fraction of sp³-hybridized carbons (Fsp3) is 0.667. The minimum absolute atomic E-state index is 0.115. The largest absolute Gasteiger partial charge is 0.493 e. The van der Waals surface area contributed by atoms with Gasteiger partial charge in [0.05, 0.1) is 19.9 Å². The lowest BCUT2D eigenvalue weighted by molar-refractivity contribution is -0.197. The minimum atomic E-state index is -0.702. The number of likely N-dealkylation sites (tertiary alicyclic amines) is 1. The minimum Gasteiger partial charge on any atom is -0.493 e.